The number of hydrogen-bond acceptors (Lipinski definition) is 2. The van der Waals surface area contributed by atoms with Gasteiger partial charge in [0.2, 0.25) is 0 Å². The van der Waals surface area contributed by atoms with Gasteiger partial charge in [-0.1, -0.05) is 0 Å². The SMILES string of the molecule is Nc1ccc(N2CCC(F)(F)C2)c(C(F)F)c1. The van der Waals surface area contributed by atoms with Crippen molar-refractivity contribution in [2.75, 3.05) is 23.7 Å². The molecule has 1 heterocycles. The number of rotatable bonds is 2. The zero-order chi connectivity index (χ0) is 12.6. The summed E-state index contributed by atoms with van der Waals surface area (Å²) in [6.07, 6.45) is -3.03. The van der Waals surface area contributed by atoms with Gasteiger partial charge in [-0.25, -0.2) is 17.6 Å². The largest absolute Gasteiger partial charge is 0.399 e. The third-order valence-corrected chi connectivity index (χ3v) is 2.80. The highest BCUT2D eigenvalue weighted by atomic mass is 19.3. The average molecular weight is 248 g/mol. The summed E-state index contributed by atoms with van der Waals surface area (Å²) in [7, 11) is 0. The minimum atomic E-state index is -2.80. The lowest BCUT2D eigenvalue weighted by molar-refractivity contribution is 0.0256. The van der Waals surface area contributed by atoms with E-state index in [2.05, 4.69) is 0 Å². The van der Waals surface area contributed by atoms with E-state index in [9.17, 15) is 17.6 Å². The van der Waals surface area contributed by atoms with Crippen molar-refractivity contribution in [2.24, 2.45) is 0 Å². The van der Waals surface area contributed by atoms with Gasteiger partial charge < -0.3 is 10.6 Å². The molecule has 94 valence electrons. The predicted octanol–water partition coefficient (Wildman–Crippen LogP) is 3.05. The molecule has 1 aliphatic heterocycles. The molecular weight excluding hydrogens is 236 g/mol. The van der Waals surface area contributed by atoms with Gasteiger partial charge in [0.1, 0.15) is 0 Å². The maximum atomic E-state index is 13.0. The molecule has 0 saturated carbocycles. The molecule has 0 radical (unpaired) electrons. The minimum Gasteiger partial charge on any atom is -0.399 e. The first-order valence-corrected chi connectivity index (χ1v) is 5.19. The molecule has 0 aliphatic carbocycles. The van der Waals surface area contributed by atoms with E-state index >= 15 is 0 Å². The van der Waals surface area contributed by atoms with Crippen LogP contribution in [-0.4, -0.2) is 19.0 Å². The zero-order valence-corrected chi connectivity index (χ0v) is 8.97. The molecule has 0 unspecified atom stereocenters. The van der Waals surface area contributed by atoms with Crippen LogP contribution in [0.1, 0.15) is 18.4 Å². The van der Waals surface area contributed by atoms with Crippen LogP contribution in [0.25, 0.3) is 0 Å². The van der Waals surface area contributed by atoms with E-state index in [1.807, 2.05) is 0 Å². The fourth-order valence-corrected chi connectivity index (χ4v) is 1.98. The van der Waals surface area contributed by atoms with Crippen LogP contribution in [0.5, 0.6) is 0 Å². The maximum Gasteiger partial charge on any atom is 0.266 e. The first-order chi connectivity index (χ1) is 7.89. The van der Waals surface area contributed by atoms with Gasteiger partial charge in [0.25, 0.3) is 12.3 Å². The van der Waals surface area contributed by atoms with Gasteiger partial charge in [-0.15, -0.1) is 0 Å². The van der Waals surface area contributed by atoms with E-state index in [1.165, 1.54) is 17.0 Å². The molecule has 1 aromatic rings. The lowest BCUT2D eigenvalue weighted by atomic mass is 10.1. The number of alkyl halides is 4. The van der Waals surface area contributed by atoms with Crippen LogP contribution in [-0.2, 0) is 0 Å². The third-order valence-electron chi connectivity index (χ3n) is 2.80. The van der Waals surface area contributed by atoms with Crippen LogP contribution in [0.2, 0.25) is 0 Å². The normalized spacial score (nSPS) is 19.0. The van der Waals surface area contributed by atoms with Gasteiger partial charge >= 0.3 is 0 Å². The van der Waals surface area contributed by atoms with Gasteiger partial charge in [-0.05, 0) is 18.2 Å². The molecule has 1 fully saturated rings. The van der Waals surface area contributed by atoms with Crippen molar-refractivity contribution >= 4 is 11.4 Å². The van der Waals surface area contributed by atoms with Crippen molar-refractivity contribution in [3.05, 3.63) is 23.8 Å². The molecule has 0 spiro atoms. The number of hydrogen-bond donors (Lipinski definition) is 1. The number of halogens is 4. The fraction of sp³-hybridized carbons (Fsp3) is 0.455. The summed E-state index contributed by atoms with van der Waals surface area (Å²) in [6.45, 7) is -0.437. The third kappa shape index (κ3) is 2.45. The molecule has 2 nitrogen and oxygen atoms in total. The monoisotopic (exact) mass is 248 g/mol. The van der Waals surface area contributed by atoms with E-state index in [-0.39, 0.29) is 29.9 Å². The van der Waals surface area contributed by atoms with Crippen LogP contribution in [0.3, 0.4) is 0 Å². The molecule has 17 heavy (non-hydrogen) atoms. The summed E-state index contributed by atoms with van der Waals surface area (Å²) in [5.41, 5.74) is 5.48. The van der Waals surface area contributed by atoms with Crippen LogP contribution in [0, 0.1) is 0 Å². The summed E-state index contributed by atoms with van der Waals surface area (Å²) in [5.74, 6) is -2.80. The summed E-state index contributed by atoms with van der Waals surface area (Å²) >= 11 is 0. The lowest BCUT2D eigenvalue weighted by Crippen LogP contribution is -2.25. The van der Waals surface area contributed by atoms with Crippen molar-refractivity contribution in [3.8, 4) is 0 Å². The van der Waals surface area contributed by atoms with Crippen LogP contribution in [0.15, 0.2) is 18.2 Å². The highest BCUT2D eigenvalue weighted by Crippen LogP contribution is 2.36. The molecule has 0 bridgehead atoms. The molecular formula is C11H12F4N2. The molecule has 1 aromatic carbocycles. The van der Waals surface area contributed by atoms with E-state index in [0.717, 1.165) is 6.07 Å². The summed E-state index contributed by atoms with van der Waals surface area (Å²) in [6, 6.07) is 3.95. The Bertz CT molecular complexity index is 420. The topological polar surface area (TPSA) is 29.3 Å². The Morgan fingerprint density at radius 3 is 2.53 bits per heavy atom. The summed E-state index contributed by atoms with van der Waals surface area (Å²) in [5, 5.41) is 0. The minimum absolute atomic E-state index is 0.0800. The number of benzene rings is 1. The predicted molar refractivity (Wildman–Crippen MR) is 57.6 cm³/mol. The number of nitrogen functional groups attached to an aromatic ring is 1. The second-order valence-corrected chi connectivity index (χ2v) is 4.15. The molecule has 0 atom stereocenters. The second-order valence-electron chi connectivity index (χ2n) is 4.15. The van der Waals surface area contributed by atoms with Crippen LogP contribution >= 0.6 is 0 Å². The summed E-state index contributed by atoms with van der Waals surface area (Å²) in [4.78, 5) is 1.28. The van der Waals surface area contributed by atoms with Gasteiger partial charge in [0, 0.05) is 29.9 Å². The van der Waals surface area contributed by atoms with E-state index < -0.39 is 18.9 Å². The highest BCUT2D eigenvalue weighted by molar-refractivity contribution is 5.61. The van der Waals surface area contributed by atoms with E-state index in [1.54, 1.807) is 0 Å². The first-order valence-electron chi connectivity index (χ1n) is 5.19. The molecule has 1 saturated heterocycles. The van der Waals surface area contributed by atoms with E-state index in [0.29, 0.717) is 0 Å². The Labute approximate surface area is 96.0 Å². The molecule has 2 N–H and O–H groups in total. The van der Waals surface area contributed by atoms with Crippen LogP contribution in [0.4, 0.5) is 28.9 Å². The Hall–Kier alpha value is -1.46. The highest BCUT2D eigenvalue weighted by Gasteiger charge is 2.39. The summed E-state index contributed by atoms with van der Waals surface area (Å²) < 4.78 is 51.6. The Balaban J connectivity index is 2.33. The zero-order valence-electron chi connectivity index (χ0n) is 8.97. The van der Waals surface area contributed by atoms with Crippen molar-refractivity contribution in [1.82, 2.24) is 0 Å². The standard InChI is InChI=1S/C11H12F4N2/c12-10(13)8-5-7(16)1-2-9(8)17-4-3-11(14,15)6-17/h1-2,5,10H,3-4,6,16H2. The lowest BCUT2D eigenvalue weighted by Gasteiger charge is -2.21. The molecule has 6 heteroatoms. The molecule has 1 aliphatic rings. The maximum absolute atomic E-state index is 13.0. The van der Waals surface area contributed by atoms with Gasteiger partial charge in [0.05, 0.1) is 6.54 Å². The van der Waals surface area contributed by atoms with Crippen molar-refractivity contribution in [3.63, 3.8) is 0 Å². The Kier molecular flexibility index (Phi) is 2.89. The van der Waals surface area contributed by atoms with Crippen LogP contribution < -0.4 is 10.6 Å². The van der Waals surface area contributed by atoms with E-state index in [4.69, 9.17) is 5.73 Å². The van der Waals surface area contributed by atoms with Crippen molar-refractivity contribution < 1.29 is 17.6 Å². The Morgan fingerprint density at radius 2 is 2.00 bits per heavy atom. The number of nitrogens with zero attached hydrogens (tertiary/aromatic N) is 1. The smallest absolute Gasteiger partial charge is 0.266 e. The molecule has 0 aromatic heterocycles. The Morgan fingerprint density at radius 1 is 1.29 bits per heavy atom. The van der Waals surface area contributed by atoms with Gasteiger partial charge in [-0.3, -0.25) is 0 Å². The molecule has 0 amide bonds. The van der Waals surface area contributed by atoms with Crippen molar-refractivity contribution in [1.29, 1.82) is 0 Å². The number of anilines is 2. The van der Waals surface area contributed by atoms with Crippen molar-refractivity contribution in [2.45, 2.75) is 18.8 Å². The average Bonchev–Trinajstić information content (AvgIpc) is 2.58. The van der Waals surface area contributed by atoms with Gasteiger partial charge in [0.15, 0.2) is 0 Å². The fourth-order valence-electron chi connectivity index (χ4n) is 1.98. The number of nitrogens with two attached hydrogens (primary N) is 1. The quantitative estimate of drug-likeness (QED) is 0.643. The van der Waals surface area contributed by atoms with Gasteiger partial charge in [-0.2, -0.15) is 0 Å². The first kappa shape index (κ1) is 12.0. The molecule has 2 rings (SSSR count). The second kappa shape index (κ2) is 4.09.